The first-order valence-corrected chi connectivity index (χ1v) is 5.34. The lowest BCUT2D eigenvalue weighted by Gasteiger charge is -2.24. The second kappa shape index (κ2) is 7.78. The van der Waals surface area contributed by atoms with Gasteiger partial charge in [-0.05, 0) is 40.2 Å². The third kappa shape index (κ3) is 8.03. The van der Waals surface area contributed by atoms with E-state index in [-0.39, 0.29) is 5.60 Å². The monoisotopic (exact) mass is 198 g/mol. The molecule has 0 saturated heterocycles. The van der Waals surface area contributed by atoms with E-state index in [1.807, 2.05) is 6.92 Å². The first kappa shape index (κ1) is 13.4. The quantitative estimate of drug-likeness (QED) is 0.607. The molecule has 0 saturated carbocycles. The number of nitrogens with one attached hydrogen (secondary N) is 1. The largest absolute Gasteiger partial charge is 0.375 e. The van der Waals surface area contributed by atoms with Crippen molar-refractivity contribution in [2.45, 2.75) is 45.6 Å². The van der Waals surface area contributed by atoms with Gasteiger partial charge in [0.1, 0.15) is 0 Å². The third-order valence-electron chi connectivity index (χ3n) is 1.98. The highest BCUT2D eigenvalue weighted by Crippen LogP contribution is 2.06. The average molecular weight is 198 g/mol. The SMILES string of the molecule is CCOC(C)(C)CNCCCCC#N. The highest BCUT2D eigenvalue weighted by molar-refractivity contribution is 4.72. The average Bonchev–Trinajstić information content (AvgIpc) is 2.11. The van der Waals surface area contributed by atoms with E-state index >= 15 is 0 Å². The molecule has 0 atom stereocenters. The number of hydrogen-bond donors (Lipinski definition) is 1. The number of ether oxygens (including phenoxy) is 1. The fraction of sp³-hybridized carbons (Fsp3) is 0.909. The number of unbranched alkanes of at least 4 members (excludes halogenated alkanes) is 2. The Morgan fingerprint density at radius 2 is 2.07 bits per heavy atom. The standard InChI is InChI=1S/C11H22N2O/c1-4-14-11(2,3)10-13-9-7-5-6-8-12/h13H,4-7,9-10H2,1-3H3. The van der Waals surface area contributed by atoms with Crippen LogP contribution >= 0.6 is 0 Å². The van der Waals surface area contributed by atoms with Crippen molar-refractivity contribution in [3.05, 3.63) is 0 Å². The topological polar surface area (TPSA) is 45.0 Å². The minimum atomic E-state index is -0.0794. The predicted molar refractivity (Wildman–Crippen MR) is 58.0 cm³/mol. The molecule has 0 spiro atoms. The van der Waals surface area contributed by atoms with Crippen LogP contribution in [0.25, 0.3) is 0 Å². The van der Waals surface area contributed by atoms with E-state index in [9.17, 15) is 0 Å². The van der Waals surface area contributed by atoms with Gasteiger partial charge in [0.05, 0.1) is 11.7 Å². The molecule has 0 aliphatic rings. The van der Waals surface area contributed by atoms with Gasteiger partial charge in [0.15, 0.2) is 0 Å². The summed E-state index contributed by atoms with van der Waals surface area (Å²) in [4.78, 5) is 0. The Hall–Kier alpha value is -0.590. The lowest BCUT2D eigenvalue weighted by atomic mass is 10.1. The van der Waals surface area contributed by atoms with Crippen molar-refractivity contribution in [1.29, 1.82) is 5.26 Å². The molecule has 0 heterocycles. The van der Waals surface area contributed by atoms with Gasteiger partial charge in [0.2, 0.25) is 0 Å². The summed E-state index contributed by atoms with van der Waals surface area (Å²) in [5, 5.41) is 11.7. The van der Waals surface area contributed by atoms with Gasteiger partial charge < -0.3 is 10.1 Å². The van der Waals surface area contributed by atoms with Crippen LogP contribution < -0.4 is 5.32 Å². The Balaban J connectivity index is 3.31. The molecule has 0 radical (unpaired) electrons. The Kier molecular flexibility index (Phi) is 7.45. The van der Waals surface area contributed by atoms with Gasteiger partial charge in [-0.1, -0.05) is 0 Å². The van der Waals surface area contributed by atoms with Crippen molar-refractivity contribution >= 4 is 0 Å². The molecule has 0 fully saturated rings. The van der Waals surface area contributed by atoms with Gasteiger partial charge >= 0.3 is 0 Å². The van der Waals surface area contributed by atoms with Gasteiger partial charge in [-0.2, -0.15) is 5.26 Å². The van der Waals surface area contributed by atoms with E-state index in [4.69, 9.17) is 10.00 Å². The van der Waals surface area contributed by atoms with Gasteiger partial charge in [-0.15, -0.1) is 0 Å². The van der Waals surface area contributed by atoms with Crippen LogP contribution in [0.5, 0.6) is 0 Å². The van der Waals surface area contributed by atoms with Crippen molar-refractivity contribution in [2.24, 2.45) is 0 Å². The summed E-state index contributed by atoms with van der Waals surface area (Å²) in [5.41, 5.74) is -0.0794. The lowest BCUT2D eigenvalue weighted by molar-refractivity contribution is -0.00867. The minimum Gasteiger partial charge on any atom is -0.375 e. The van der Waals surface area contributed by atoms with Crippen LogP contribution in [-0.4, -0.2) is 25.3 Å². The molecule has 0 bridgehead atoms. The third-order valence-corrected chi connectivity index (χ3v) is 1.98. The first-order chi connectivity index (χ1) is 6.62. The van der Waals surface area contributed by atoms with Gasteiger partial charge in [0.25, 0.3) is 0 Å². The zero-order valence-corrected chi connectivity index (χ0v) is 9.60. The fourth-order valence-electron chi connectivity index (χ4n) is 1.29. The summed E-state index contributed by atoms with van der Waals surface area (Å²) in [6, 6.07) is 2.14. The first-order valence-electron chi connectivity index (χ1n) is 5.34. The van der Waals surface area contributed by atoms with Gasteiger partial charge in [-0.3, -0.25) is 0 Å². The molecule has 0 amide bonds. The van der Waals surface area contributed by atoms with E-state index in [0.717, 1.165) is 32.5 Å². The number of nitriles is 1. The number of hydrogen-bond acceptors (Lipinski definition) is 3. The van der Waals surface area contributed by atoms with Crippen molar-refractivity contribution in [3.63, 3.8) is 0 Å². The Morgan fingerprint density at radius 3 is 2.64 bits per heavy atom. The number of rotatable bonds is 8. The Labute approximate surface area is 87.4 Å². The molecule has 0 aromatic carbocycles. The molecular formula is C11H22N2O. The zero-order valence-electron chi connectivity index (χ0n) is 9.60. The molecule has 0 aromatic heterocycles. The van der Waals surface area contributed by atoms with Crippen molar-refractivity contribution in [3.8, 4) is 6.07 Å². The molecule has 0 aromatic rings. The van der Waals surface area contributed by atoms with Crippen LogP contribution in [0.1, 0.15) is 40.0 Å². The Morgan fingerprint density at radius 1 is 1.36 bits per heavy atom. The summed E-state index contributed by atoms with van der Waals surface area (Å²) in [5.74, 6) is 0. The van der Waals surface area contributed by atoms with Gasteiger partial charge in [-0.25, -0.2) is 0 Å². The van der Waals surface area contributed by atoms with E-state index in [1.54, 1.807) is 0 Å². The maximum absolute atomic E-state index is 8.33. The van der Waals surface area contributed by atoms with E-state index < -0.39 is 0 Å². The van der Waals surface area contributed by atoms with Crippen LogP contribution in [0.3, 0.4) is 0 Å². The summed E-state index contributed by atoms with van der Waals surface area (Å²) in [7, 11) is 0. The molecule has 3 heteroatoms. The molecule has 3 nitrogen and oxygen atoms in total. The normalized spacial score (nSPS) is 11.3. The highest BCUT2D eigenvalue weighted by atomic mass is 16.5. The van der Waals surface area contributed by atoms with Crippen molar-refractivity contribution < 1.29 is 4.74 Å². The van der Waals surface area contributed by atoms with Crippen LogP contribution in [0.4, 0.5) is 0 Å². The molecule has 1 N–H and O–H groups in total. The summed E-state index contributed by atoms with van der Waals surface area (Å²) < 4.78 is 5.54. The zero-order chi connectivity index (χ0) is 10.9. The maximum atomic E-state index is 8.33. The van der Waals surface area contributed by atoms with Crippen molar-refractivity contribution in [1.82, 2.24) is 5.32 Å². The second-order valence-electron chi connectivity index (χ2n) is 3.98. The molecule has 0 aliphatic carbocycles. The molecule has 14 heavy (non-hydrogen) atoms. The fourth-order valence-corrected chi connectivity index (χ4v) is 1.29. The maximum Gasteiger partial charge on any atom is 0.0750 e. The van der Waals surface area contributed by atoms with E-state index in [2.05, 4.69) is 25.2 Å². The molecular weight excluding hydrogens is 176 g/mol. The molecule has 0 aliphatic heterocycles. The summed E-state index contributed by atoms with van der Waals surface area (Å²) >= 11 is 0. The molecule has 82 valence electrons. The molecule has 0 rings (SSSR count). The van der Waals surface area contributed by atoms with Gasteiger partial charge in [0, 0.05) is 19.6 Å². The number of nitrogens with zero attached hydrogens (tertiary/aromatic N) is 1. The Bertz CT molecular complexity index is 173. The van der Waals surface area contributed by atoms with Crippen LogP contribution in [-0.2, 0) is 4.74 Å². The predicted octanol–water partition coefficient (Wildman–Crippen LogP) is 2.08. The van der Waals surface area contributed by atoms with Crippen molar-refractivity contribution in [2.75, 3.05) is 19.7 Å². The molecule has 0 unspecified atom stereocenters. The van der Waals surface area contributed by atoms with Crippen LogP contribution in [0.15, 0.2) is 0 Å². The van der Waals surface area contributed by atoms with E-state index in [0.29, 0.717) is 6.42 Å². The van der Waals surface area contributed by atoms with E-state index in [1.165, 1.54) is 0 Å². The van der Waals surface area contributed by atoms with Crippen LogP contribution in [0, 0.1) is 11.3 Å². The summed E-state index contributed by atoms with van der Waals surface area (Å²) in [6.07, 6.45) is 2.71. The highest BCUT2D eigenvalue weighted by Gasteiger charge is 2.15. The van der Waals surface area contributed by atoms with Crippen LogP contribution in [0.2, 0.25) is 0 Å². The lowest BCUT2D eigenvalue weighted by Crippen LogP contribution is -2.38. The summed E-state index contributed by atoms with van der Waals surface area (Å²) in [6.45, 7) is 8.76. The smallest absolute Gasteiger partial charge is 0.0750 e. The second-order valence-corrected chi connectivity index (χ2v) is 3.98. The minimum absolute atomic E-state index is 0.0794.